The molecule has 2 aromatic carbocycles. The van der Waals surface area contributed by atoms with Gasteiger partial charge >= 0.3 is 5.97 Å². The number of benzene rings is 2. The van der Waals surface area contributed by atoms with Gasteiger partial charge in [0.15, 0.2) is 0 Å². The molecule has 1 amide bonds. The molecular weight excluding hydrogens is 410 g/mol. The first-order valence-corrected chi connectivity index (χ1v) is 10.3. The summed E-state index contributed by atoms with van der Waals surface area (Å²) < 4.78 is 17.1. The fourth-order valence-electron chi connectivity index (χ4n) is 3.72. The largest absolute Gasteiger partial charge is 0.496 e. The van der Waals surface area contributed by atoms with Gasteiger partial charge in [-0.1, -0.05) is 18.2 Å². The monoisotopic (exact) mass is 437 g/mol. The van der Waals surface area contributed by atoms with Crippen molar-refractivity contribution in [2.45, 2.75) is 26.7 Å². The van der Waals surface area contributed by atoms with E-state index >= 15 is 0 Å². The van der Waals surface area contributed by atoms with Crippen LogP contribution in [-0.2, 0) is 9.59 Å². The van der Waals surface area contributed by atoms with Gasteiger partial charge in [0.05, 0.1) is 20.5 Å². The molecule has 7 heteroatoms. The van der Waals surface area contributed by atoms with Gasteiger partial charge in [0.2, 0.25) is 5.91 Å². The lowest BCUT2D eigenvalue weighted by molar-refractivity contribution is -0.137. The molecule has 0 radical (unpaired) electrons. The molecule has 3 aromatic rings. The van der Waals surface area contributed by atoms with Gasteiger partial charge in [-0.15, -0.1) is 0 Å². The number of rotatable bonds is 9. The van der Waals surface area contributed by atoms with Gasteiger partial charge in [-0.25, -0.2) is 0 Å². The minimum atomic E-state index is -0.884. The molecule has 0 fully saturated rings. The number of aliphatic carboxylic acids is 1. The van der Waals surface area contributed by atoms with E-state index < -0.39 is 5.97 Å². The van der Waals surface area contributed by atoms with Crippen LogP contribution in [0.1, 0.15) is 30.9 Å². The SMILES string of the molecule is COc1ccccc1-c1coc2c(C)c(OC)c(/C(C)=C/C(=O)NCCCC(=O)O)cc12. The van der Waals surface area contributed by atoms with E-state index in [0.29, 0.717) is 24.3 Å². The van der Waals surface area contributed by atoms with Crippen LogP contribution < -0.4 is 14.8 Å². The van der Waals surface area contributed by atoms with Gasteiger partial charge in [0.1, 0.15) is 17.1 Å². The van der Waals surface area contributed by atoms with Crippen molar-refractivity contribution in [3.05, 3.63) is 53.8 Å². The summed E-state index contributed by atoms with van der Waals surface area (Å²) in [5, 5.41) is 12.3. The third-order valence-corrected chi connectivity index (χ3v) is 5.28. The molecule has 0 aliphatic carbocycles. The number of allylic oxidation sites excluding steroid dienone is 1. The lowest BCUT2D eigenvalue weighted by Gasteiger charge is -2.14. The number of fused-ring (bicyclic) bond motifs is 1. The highest BCUT2D eigenvalue weighted by Gasteiger charge is 2.20. The zero-order chi connectivity index (χ0) is 23.3. The Balaban J connectivity index is 2.01. The molecular formula is C25H27NO6. The first kappa shape index (κ1) is 22.9. The fourth-order valence-corrected chi connectivity index (χ4v) is 3.72. The Kier molecular flexibility index (Phi) is 7.20. The second-order valence-electron chi connectivity index (χ2n) is 7.42. The summed E-state index contributed by atoms with van der Waals surface area (Å²) in [6.07, 6.45) is 3.58. The van der Waals surface area contributed by atoms with Crippen LogP contribution in [0.15, 0.2) is 47.1 Å². The first-order valence-electron chi connectivity index (χ1n) is 10.3. The molecule has 0 aliphatic heterocycles. The molecule has 168 valence electrons. The Bertz CT molecular complexity index is 1170. The molecule has 0 unspecified atom stereocenters. The van der Waals surface area contributed by atoms with Crippen LogP contribution in [-0.4, -0.2) is 37.7 Å². The zero-order valence-electron chi connectivity index (χ0n) is 18.7. The molecule has 7 nitrogen and oxygen atoms in total. The molecule has 1 heterocycles. The molecule has 0 saturated carbocycles. The Morgan fingerprint density at radius 3 is 2.59 bits per heavy atom. The van der Waals surface area contributed by atoms with Crippen molar-refractivity contribution < 1.29 is 28.6 Å². The molecule has 0 saturated heterocycles. The zero-order valence-corrected chi connectivity index (χ0v) is 18.7. The molecule has 3 rings (SSSR count). The van der Waals surface area contributed by atoms with Crippen LogP contribution >= 0.6 is 0 Å². The van der Waals surface area contributed by atoms with Crippen molar-refractivity contribution in [1.29, 1.82) is 0 Å². The fraction of sp³-hybridized carbons (Fsp3) is 0.280. The van der Waals surface area contributed by atoms with E-state index in [1.54, 1.807) is 20.5 Å². The number of amides is 1. The number of carbonyl (C=O) groups is 2. The van der Waals surface area contributed by atoms with E-state index in [2.05, 4.69) is 5.32 Å². The molecule has 0 aliphatic rings. The number of methoxy groups -OCH3 is 2. The third-order valence-electron chi connectivity index (χ3n) is 5.28. The number of hydrogen-bond donors (Lipinski definition) is 2. The minimum Gasteiger partial charge on any atom is -0.496 e. The lowest BCUT2D eigenvalue weighted by Crippen LogP contribution is -2.23. The molecule has 2 N–H and O–H groups in total. The van der Waals surface area contributed by atoms with E-state index in [9.17, 15) is 9.59 Å². The lowest BCUT2D eigenvalue weighted by atomic mass is 9.96. The van der Waals surface area contributed by atoms with Gasteiger partial charge < -0.3 is 24.3 Å². The average molecular weight is 437 g/mol. The highest BCUT2D eigenvalue weighted by Crippen LogP contribution is 2.42. The van der Waals surface area contributed by atoms with Crippen LogP contribution in [0.3, 0.4) is 0 Å². The quantitative estimate of drug-likeness (QED) is 0.368. The molecule has 1 aromatic heterocycles. The molecule has 0 bridgehead atoms. The number of aryl methyl sites for hydroxylation is 1. The second-order valence-corrected chi connectivity index (χ2v) is 7.42. The second kappa shape index (κ2) is 10.0. The van der Waals surface area contributed by atoms with Gasteiger partial charge in [-0.3, -0.25) is 9.59 Å². The summed E-state index contributed by atoms with van der Waals surface area (Å²) in [7, 11) is 3.21. The highest BCUT2D eigenvalue weighted by molar-refractivity contribution is 6.02. The maximum Gasteiger partial charge on any atom is 0.303 e. The van der Waals surface area contributed by atoms with Crippen molar-refractivity contribution in [2.75, 3.05) is 20.8 Å². The number of nitrogens with one attached hydrogen (secondary N) is 1. The number of hydrogen-bond acceptors (Lipinski definition) is 5. The third kappa shape index (κ3) is 4.77. The van der Waals surface area contributed by atoms with Crippen molar-refractivity contribution in [3.8, 4) is 22.6 Å². The van der Waals surface area contributed by atoms with E-state index in [4.69, 9.17) is 19.0 Å². The summed E-state index contributed by atoms with van der Waals surface area (Å²) in [6.45, 7) is 4.05. The number of carboxylic acids is 1. The first-order chi connectivity index (χ1) is 15.4. The summed E-state index contributed by atoms with van der Waals surface area (Å²) in [5.41, 5.74) is 4.82. The standard InChI is InChI=1S/C25H27NO6/c1-15(12-22(27)26-11-7-10-23(28)29)18-13-19-20(17-8-5-6-9-21(17)30-3)14-32-25(19)16(2)24(18)31-4/h5-6,8-9,12-14H,7,10-11H2,1-4H3,(H,26,27)(H,28,29)/b15-12+. The van der Waals surface area contributed by atoms with Crippen molar-refractivity contribution in [1.82, 2.24) is 5.32 Å². The summed E-state index contributed by atoms with van der Waals surface area (Å²) >= 11 is 0. The molecule has 32 heavy (non-hydrogen) atoms. The van der Waals surface area contributed by atoms with Gasteiger partial charge in [0.25, 0.3) is 0 Å². The van der Waals surface area contributed by atoms with Crippen LogP contribution in [0.2, 0.25) is 0 Å². The van der Waals surface area contributed by atoms with Crippen LogP contribution in [0.5, 0.6) is 11.5 Å². The van der Waals surface area contributed by atoms with Crippen molar-refractivity contribution >= 4 is 28.4 Å². The Hall–Kier alpha value is -3.74. The van der Waals surface area contributed by atoms with Crippen LogP contribution in [0.4, 0.5) is 0 Å². The van der Waals surface area contributed by atoms with E-state index in [-0.39, 0.29) is 12.3 Å². The van der Waals surface area contributed by atoms with E-state index in [1.165, 1.54) is 6.08 Å². The predicted octanol–water partition coefficient (Wildman–Crippen LogP) is 4.81. The number of furan rings is 1. The Labute approximate surface area is 186 Å². The number of ether oxygens (including phenoxy) is 2. The molecule has 0 spiro atoms. The van der Waals surface area contributed by atoms with Crippen LogP contribution in [0.25, 0.3) is 27.7 Å². The Morgan fingerprint density at radius 2 is 1.91 bits per heavy atom. The number of carboxylic acid groups (broad SMARTS) is 1. The summed E-state index contributed by atoms with van der Waals surface area (Å²) in [6, 6.07) is 9.66. The van der Waals surface area contributed by atoms with Crippen LogP contribution in [0, 0.1) is 6.92 Å². The maximum atomic E-state index is 12.3. The normalized spacial score (nSPS) is 11.4. The average Bonchev–Trinajstić information content (AvgIpc) is 3.20. The number of para-hydroxylation sites is 1. The smallest absolute Gasteiger partial charge is 0.303 e. The summed E-state index contributed by atoms with van der Waals surface area (Å²) in [4.78, 5) is 22.9. The highest BCUT2D eigenvalue weighted by atomic mass is 16.5. The van der Waals surface area contributed by atoms with Gasteiger partial charge in [-0.2, -0.15) is 0 Å². The van der Waals surface area contributed by atoms with Gasteiger partial charge in [-0.05, 0) is 38.0 Å². The van der Waals surface area contributed by atoms with Crippen molar-refractivity contribution in [2.24, 2.45) is 0 Å². The Morgan fingerprint density at radius 1 is 1.16 bits per heavy atom. The number of carbonyl (C=O) groups excluding carboxylic acids is 1. The predicted molar refractivity (Wildman–Crippen MR) is 123 cm³/mol. The maximum absolute atomic E-state index is 12.3. The topological polar surface area (TPSA) is 98.0 Å². The molecule has 0 atom stereocenters. The van der Waals surface area contributed by atoms with Crippen molar-refractivity contribution in [3.63, 3.8) is 0 Å². The van der Waals surface area contributed by atoms with E-state index in [1.807, 2.05) is 44.2 Å². The van der Waals surface area contributed by atoms with E-state index in [0.717, 1.165) is 39.0 Å². The van der Waals surface area contributed by atoms with Gasteiger partial charge in [0, 0.05) is 46.7 Å². The summed E-state index contributed by atoms with van der Waals surface area (Å²) in [5.74, 6) is 0.194. The minimum absolute atomic E-state index is 0.0128.